The van der Waals surface area contributed by atoms with Gasteiger partial charge in [0.05, 0.1) is 24.3 Å². The van der Waals surface area contributed by atoms with Crippen molar-refractivity contribution in [2.24, 2.45) is 0 Å². The van der Waals surface area contributed by atoms with E-state index in [-0.39, 0.29) is 30.1 Å². The van der Waals surface area contributed by atoms with Crippen LogP contribution in [0, 0.1) is 11.6 Å². The molecule has 2 heterocycles. The summed E-state index contributed by atoms with van der Waals surface area (Å²) in [4.78, 5) is 29.2. The van der Waals surface area contributed by atoms with Crippen LogP contribution < -0.4 is 10.2 Å². The molecule has 1 aliphatic heterocycles. The Morgan fingerprint density at radius 1 is 1.10 bits per heavy atom. The zero-order chi connectivity index (χ0) is 20.5. The number of aromatic nitrogens is 1. The quantitative estimate of drug-likeness (QED) is 0.704. The summed E-state index contributed by atoms with van der Waals surface area (Å²) >= 11 is 0. The Balaban J connectivity index is 1.72. The summed E-state index contributed by atoms with van der Waals surface area (Å²) in [5.41, 5.74) is 2.01. The monoisotopic (exact) mass is 395 g/mol. The Hall–Kier alpha value is -3.81. The van der Waals surface area contributed by atoms with Gasteiger partial charge in [-0.1, -0.05) is 12.1 Å². The summed E-state index contributed by atoms with van der Waals surface area (Å²) in [6.45, 7) is -0.149. The van der Waals surface area contributed by atoms with Crippen molar-refractivity contribution in [3.8, 4) is 11.1 Å². The number of nitrogens with zero attached hydrogens (tertiary/aromatic N) is 2. The fourth-order valence-corrected chi connectivity index (χ4v) is 3.16. The Morgan fingerprint density at radius 3 is 2.59 bits per heavy atom. The van der Waals surface area contributed by atoms with Crippen LogP contribution in [-0.2, 0) is 11.3 Å². The predicted molar refractivity (Wildman–Crippen MR) is 103 cm³/mol. The molecule has 3 aromatic rings. The number of carbonyl (C=O) groups excluding carboxylic acids is 1. The number of carboxylic acids is 1. The van der Waals surface area contributed by atoms with E-state index < -0.39 is 17.6 Å². The van der Waals surface area contributed by atoms with Gasteiger partial charge in [0.1, 0.15) is 11.6 Å². The topological polar surface area (TPSA) is 82.5 Å². The normalized spacial score (nSPS) is 13.0. The predicted octanol–water partition coefficient (Wildman–Crippen LogP) is 3.68. The van der Waals surface area contributed by atoms with Gasteiger partial charge in [-0.15, -0.1) is 0 Å². The van der Waals surface area contributed by atoms with Crippen molar-refractivity contribution < 1.29 is 23.5 Å². The Morgan fingerprint density at radius 2 is 1.86 bits per heavy atom. The summed E-state index contributed by atoms with van der Waals surface area (Å²) in [7, 11) is 0. The van der Waals surface area contributed by atoms with Crippen LogP contribution in [0.15, 0.2) is 54.7 Å². The molecule has 2 aromatic carbocycles. The van der Waals surface area contributed by atoms with Crippen LogP contribution >= 0.6 is 0 Å². The zero-order valence-corrected chi connectivity index (χ0v) is 15.0. The first-order valence-electron chi connectivity index (χ1n) is 8.74. The average Bonchev–Trinajstić information content (AvgIpc) is 2.72. The summed E-state index contributed by atoms with van der Waals surface area (Å²) in [5, 5.41) is 11.9. The fraction of sp³-hybridized carbons (Fsp3) is 0.0952. The number of nitrogens with one attached hydrogen (secondary N) is 1. The highest BCUT2D eigenvalue weighted by molar-refractivity contribution is 6.02. The molecule has 2 N–H and O–H groups in total. The molecule has 8 heteroatoms. The van der Waals surface area contributed by atoms with Crippen molar-refractivity contribution in [2.75, 3.05) is 16.8 Å². The number of aromatic carboxylic acids is 1. The number of pyridine rings is 1. The van der Waals surface area contributed by atoms with Crippen LogP contribution in [0.2, 0.25) is 0 Å². The second kappa shape index (κ2) is 7.31. The third-order valence-corrected chi connectivity index (χ3v) is 4.67. The van der Waals surface area contributed by atoms with Crippen molar-refractivity contribution in [3.63, 3.8) is 0 Å². The van der Waals surface area contributed by atoms with Crippen molar-refractivity contribution in [1.29, 1.82) is 0 Å². The summed E-state index contributed by atoms with van der Waals surface area (Å²) in [5.74, 6) is -2.07. The average molecular weight is 395 g/mol. The van der Waals surface area contributed by atoms with Gasteiger partial charge in [0.2, 0.25) is 5.91 Å². The second-order valence-electron chi connectivity index (χ2n) is 6.54. The Kier molecular flexibility index (Phi) is 4.67. The van der Waals surface area contributed by atoms with Gasteiger partial charge in [0.15, 0.2) is 5.82 Å². The molecule has 0 atom stereocenters. The molecule has 0 radical (unpaired) electrons. The lowest BCUT2D eigenvalue weighted by Gasteiger charge is -2.30. The minimum Gasteiger partial charge on any atom is -0.478 e. The second-order valence-corrected chi connectivity index (χ2v) is 6.54. The molecule has 0 saturated heterocycles. The first kappa shape index (κ1) is 18.5. The standard InChI is InChI=1S/C21H15F2N3O3/c22-16-5-6-17(23)15(7-16)11-26-18-8-14(9-24-20(18)25-10-19(26)27)12-1-3-13(4-2-12)21(28)29/h1-9H,10-11H2,(H,24,25)(H,28,29). The number of carbonyl (C=O) groups is 2. The van der Waals surface area contributed by atoms with E-state index in [2.05, 4.69) is 10.3 Å². The molecule has 0 unspecified atom stereocenters. The van der Waals surface area contributed by atoms with Crippen LogP contribution in [0.25, 0.3) is 11.1 Å². The van der Waals surface area contributed by atoms with E-state index >= 15 is 0 Å². The van der Waals surface area contributed by atoms with Crippen molar-refractivity contribution >= 4 is 23.4 Å². The van der Waals surface area contributed by atoms with Gasteiger partial charge in [-0.2, -0.15) is 0 Å². The van der Waals surface area contributed by atoms with Crippen LogP contribution in [0.4, 0.5) is 20.3 Å². The highest BCUT2D eigenvalue weighted by Gasteiger charge is 2.26. The molecule has 0 bridgehead atoms. The van der Waals surface area contributed by atoms with E-state index in [4.69, 9.17) is 5.11 Å². The highest BCUT2D eigenvalue weighted by atomic mass is 19.1. The first-order valence-corrected chi connectivity index (χ1v) is 8.74. The number of amides is 1. The van der Waals surface area contributed by atoms with E-state index in [0.29, 0.717) is 22.6 Å². The van der Waals surface area contributed by atoms with Crippen molar-refractivity contribution in [1.82, 2.24) is 4.98 Å². The Labute approximate surface area is 164 Å². The Bertz CT molecular complexity index is 1120. The smallest absolute Gasteiger partial charge is 0.335 e. The minimum absolute atomic E-state index is 0.0103. The van der Waals surface area contributed by atoms with E-state index in [1.54, 1.807) is 24.4 Å². The molecular weight excluding hydrogens is 380 g/mol. The number of rotatable bonds is 4. The first-order chi connectivity index (χ1) is 13.9. The number of hydrogen-bond acceptors (Lipinski definition) is 4. The van der Waals surface area contributed by atoms with Crippen molar-refractivity contribution in [2.45, 2.75) is 6.54 Å². The van der Waals surface area contributed by atoms with Gasteiger partial charge in [0, 0.05) is 17.3 Å². The number of halogens is 2. The maximum atomic E-state index is 14.1. The third kappa shape index (κ3) is 3.64. The largest absolute Gasteiger partial charge is 0.478 e. The number of fused-ring (bicyclic) bond motifs is 1. The molecule has 1 aromatic heterocycles. The molecule has 0 spiro atoms. The maximum Gasteiger partial charge on any atom is 0.335 e. The molecular formula is C21H15F2N3O3. The minimum atomic E-state index is -1.03. The number of benzene rings is 2. The highest BCUT2D eigenvalue weighted by Crippen LogP contribution is 2.33. The van der Waals surface area contributed by atoms with Crippen LogP contribution in [0.1, 0.15) is 15.9 Å². The molecule has 0 saturated carbocycles. The molecule has 0 aliphatic carbocycles. The van der Waals surface area contributed by atoms with Gasteiger partial charge in [-0.25, -0.2) is 18.6 Å². The van der Waals surface area contributed by atoms with Crippen LogP contribution in [-0.4, -0.2) is 28.5 Å². The van der Waals surface area contributed by atoms with Crippen molar-refractivity contribution in [3.05, 3.63) is 77.5 Å². The summed E-state index contributed by atoms with van der Waals surface area (Å²) in [6, 6.07) is 11.0. The molecule has 29 heavy (non-hydrogen) atoms. The van der Waals surface area contributed by atoms with Crippen LogP contribution in [0.5, 0.6) is 0 Å². The molecule has 1 amide bonds. The van der Waals surface area contributed by atoms with E-state index in [9.17, 15) is 18.4 Å². The molecule has 146 valence electrons. The molecule has 0 fully saturated rings. The maximum absolute atomic E-state index is 14.1. The van der Waals surface area contributed by atoms with Gasteiger partial charge in [-0.3, -0.25) is 4.79 Å². The lowest BCUT2D eigenvalue weighted by atomic mass is 10.0. The summed E-state index contributed by atoms with van der Waals surface area (Å²) in [6.07, 6.45) is 1.60. The van der Waals surface area contributed by atoms with Gasteiger partial charge in [0.25, 0.3) is 0 Å². The van der Waals surface area contributed by atoms with Gasteiger partial charge < -0.3 is 15.3 Å². The number of anilines is 2. The summed E-state index contributed by atoms with van der Waals surface area (Å²) < 4.78 is 27.6. The fourth-order valence-electron chi connectivity index (χ4n) is 3.16. The van der Waals surface area contributed by atoms with Gasteiger partial charge in [-0.05, 0) is 42.0 Å². The molecule has 4 rings (SSSR count). The number of carboxylic acid groups (broad SMARTS) is 1. The lowest BCUT2D eigenvalue weighted by Crippen LogP contribution is -2.40. The van der Waals surface area contributed by atoms with E-state index in [0.717, 1.165) is 18.2 Å². The molecule has 1 aliphatic rings. The lowest BCUT2D eigenvalue weighted by molar-refractivity contribution is -0.117. The van der Waals surface area contributed by atoms with Crippen LogP contribution in [0.3, 0.4) is 0 Å². The third-order valence-electron chi connectivity index (χ3n) is 4.67. The van der Waals surface area contributed by atoms with Gasteiger partial charge >= 0.3 is 5.97 Å². The molecule has 6 nitrogen and oxygen atoms in total. The van der Waals surface area contributed by atoms with E-state index in [1.165, 1.54) is 17.0 Å². The van der Waals surface area contributed by atoms with E-state index in [1.807, 2.05) is 0 Å². The zero-order valence-electron chi connectivity index (χ0n) is 15.0. The SMILES string of the molecule is O=C(O)c1ccc(-c2cnc3c(c2)N(Cc2cc(F)ccc2F)C(=O)CN3)cc1. The number of hydrogen-bond donors (Lipinski definition) is 2.